The van der Waals surface area contributed by atoms with Crippen LogP contribution >= 0.6 is 0 Å². The fraction of sp³-hybridized carbons (Fsp3) is 0.308. The van der Waals surface area contributed by atoms with Gasteiger partial charge >= 0.3 is 0 Å². The molecule has 1 aliphatic heterocycles. The summed E-state index contributed by atoms with van der Waals surface area (Å²) in [6, 6.07) is 20.3. The lowest BCUT2D eigenvalue weighted by Crippen LogP contribution is -2.37. The third kappa shape index (κ3) is 4.81. The molecule has 7 nitrogen and oxygen atoms in total. The van der Waals surface area contributed by atoms with E-state index < -0.39 is 5.82 Å². The fourth-order valence-electron chi connectivity index (χ4n) is 4.34. The van der Waals surface area contributed by atoms with Gasteiger partial charge in [-0.15, -0.1) is 5.10 Å². The van der Waals surface area contributed by atoms with E-state index in [4.69, 9.17) is 9.72 Å². The summed E-state index contributed by atoms with van der Waals surface area (Å²) in [4.78, 5) is 16.0. The Morgan fingerprint density at radius 1 is 1.03 bits per heavy atom. The monoisotopic (exact) mass is 456 g/mol. The van der Waals surface area contributed by atoms with Crippen molar-refractivity contribution < 1.29 is 9.13 Å². The molecule has 0 aliphatic carbocycles. The van der Waals surface area contributed by atoms with E-state index in [2.05, 4.69) is 44.2 Å². The Labute approximate surface area is 198 Å². The van der Waals surface area contributed by atoms with Crippen LogP contribution in [0.3, 0.4) is 0 Å². The van der Waals surface area contributed by atoms with Gasteiger partial charge < -0.3 is 9.64 Å². The topological polar surface area (TPSA) is 69.0 Å². The summed E-state index contributed by atoms with van der Waals surface area (Å²) in [5.74, 6) is 1.47. The summed E-state index contributed by atoms with van der Waals surface area (Å²) in [6.45, 7) is 2.69. The smallest absolute Gasteiger partial charge is 0.252 e. The van der Waals surface area contributed by atoms with E-state index in [9.17, 15) is 4.39 Å². The lowest BCUT2D eigenvalue weighted by Gasteiger charge is -2.33. The summed E-state index contributed by atoms with van der Waals surface area (Å²) >= 11 is 0. The molecule has 172 valence electrons. The highest BCUT2D eigenvalue weighted by Crippen LogP contribution is 2.30. The van der Waals surface area contributed by atoms with Crippen molar-refractivity contribution in [1.29, 1.82) is 0 Å². The highest BCUT2D eigenvalue weighted by Gasteiger charge is 2.28. The Balaban J connectivity index is 1.35. The van der Waals surface area contributed by atoms with Crippen molar-refractivity contribution in [1.82, 2.24) is 29.6 Å². The zero-order valence-corrected chi connectivity index (χ0v) is 18.9. The third-order valence-corrected chi connectivity index (χ3v) is 6.16. The first-order valence-electron chi connectivity index (χ1n) is 11.4. The van der Waals surface area contributed by atoms with E-state index in [0.717, 1.165) is 38.3 Å². The third-order valence-electron chi connectivity index (χ3n) is 6.16. The molecular formula is C26H25FN6O. The van der Waals surface area contributed by atoms with Gasteiger partial charge in [-0.3, -0.25) is 0 Å². The minimum Gasteiger partial charge on any atom is -0.375 e. The van der Waals surface area contributed by atoms with Crippen LogP contribution in [0, 0.1) is 17.9 Å². The molecule has 1 aliphatic rings. The molecule has 1 saturated heterocycles. The maximum atomic E-state index is 13.3. The van der Waals surface area contributed by atoms with Crippen molar-refractivity contribution in [3.05, 3.63) is 90.3 Å². The molecule has 0 amide bonds. The lowest BCUT2D eigenvalue weighted by molar-refractivity contribution is 0.0543. The summed E-state index contributed by atoms with van der Waals surface area (Å²) in [5, 5.41) is 4.65. The van der Waals surface area contributed by atoms with Crippen molar-refractivity contribution in [2.45, 2.75) is 24.9 Å². The molecule has 34 heavy (non-hydrogen) atoms. The average Bonchev–Trinajstić information content (AvgIpc) is 3.34. The molecule has 1 unspecified atom stereocenters. The zero-order chi connectivity index (χ0) is 23.3. The number of ether oxygens (including phenoxy) is 1. The number of nitrogens with zero attached hydrogens (tertiary/aromatic N) is 6. The van der Waals surface area contributed by atoms with Crippen LogP contribution in [0.2, 0.25) is 0 Å². The number of hydrogen-bond donors (Lipinski definition) is 0. The number of piperidine rings is 1. The number of hydrogen-bond acceptors (Lipinski definition) is 6. The summed E-state index contributed by atoms with van der Waals surface area (Å²) in [6.07, 6.45) is 5.26. The van der Waals surface area contributed by atoms with Crippen LogP contribution in [-0.4, -0.2) is 56.4 Å². The number of likely N-dealkylation sites (tertiary alicyclic amines) is 1. The van der Waals surface area contributed by atoms with Gasteiger partial charge in [-0.2, -0.15) is 9.07 Å². The highest BCUT2D eigenvalue weighted by molar-refractivity contribution is 5.52. The minimum absolute atomic E-state index is 0.0380. The molecule has 2 aromatic carbocycles. The summed E-state index contributed by atoms with van der Waals surface area (Å²) < 4.78 is 20.8. The largest absolute Gasteiger partial charge is 0.375 e. The van der Waals surface area contributed by atoms with Crippen molar-refractivity contribution in [3.8, 4) is 17.3 Å². The van der Waals surface area contributed by atoms with Crippen LogP contribution in [0.1, 0.15) is 36.3 Å². The first-order chi connectivity index (χ1) is 16.7. The Kier molecular flexibility index (Phi) is 6.56. The van der Waals surface area contributed by atoms with Crippen molar-refractivity contribution >= 4 is 0 Å². The van der Waals surface area contributed by atoms with Gasteiger partial charge in [0.1, 0.15) is 5.82 Å². The fourth-order valence-corrected chi connectivity index (χ4v) is 4.34. The van der Waals surface area contributed by atoms with E-state index in [1.165, 1.54) is 11.6 Å². The molecule has 1 fully saturated rings. The van der Waals surface area contributed by atoms with Gasteiger partial charge in [-0.05, 0) is 55.8 Å². The predicted molar refractivity (Wildman–Crippen MR) is 125 cm³/mol. The Bertz CT molecular complexity index is 1190. The van der Waals surface area contributed by atoms with Gasteiger partial charge in [0.05, 0.1) is 11.7 Å². The molecule has 8 heteroatoms. The molecule has 1 atom stereocenters. The molecular weight excluding hydrogens is 431 g/mol. The van der Waals surface area contributed by atoms with Gasteiger partial charge in [0.25, 0.3) is 5.95 Å². The predicted octanol–water partition coefficient (Wildman–Crippen LogP) is 4.03. The summed E-state index contributed by atoms with van der Waals surface area (Å²) in [7, 11) is 1.76. The van der Waals surface area contributed by atoms with E-state index in [0.29, 0.717) is 17.3 Å². The number of halogens is 1. The van der Waals surface area contributed by atoms with Crippen LogP contribution < -0.4 is 0 Å². The molecule has 0 radical (unpaired) electrons. The van der Waals surface area contributed by atoms with E-state index in [1.807, 2.05) is 18.2 Å². The lowest BCUT2D eigenvalue weighted by atomic mass is 9.95. The normalized spacial score (nSPS) is 15.7. The minimum atomic E-state index is -0.466. The van der Waals surface area contributed by atoms with Crippen molar-refractivity contribution in [2.75, 3.05) is 26.7 Å². The number of rotatable bonds is 7. The standard InChI is InChI=1S/C26H25FN6O/c1-34-23(19-6-3-2-4-7-19)18-32-16-12-21(13-17-32)25-30-24(20-8-10-22(27)11-9-20)31-33(25)26-28-14-5-15-29-26/h2-8,10,14-15,21,23H,12-13,16-18H2,1H3. The molecule has 0 bridgehead atoms. The zero-order valence-electron chi connectivity index (χ0n) is 18.9. The Hall–Kier alpha value is -3.67. The number of benzene rings is 1. The van der Waals surface area contributed by atoms with E-state index in [1.54, 1.807) is 36.3 Å². The molecule has 5 rings (SSSR count). The molecule has 0 N–H and O–H groups in total. The van der Waals surface area contributed by atoms with E-state index in [-0.39, 0.29) is 12.0 Å². The quantitative estimate of drug-likeness (QED) is 0.418. The first kappa shape index (κ1) is 22.1. The van der Waals surface area contributed by atoms with Crippen LogP contribution in [0.4, 0.5) is 4.39 Å². The Morgan fingerprint density at radius 3 is 2.47 bits per heavy atom. The average molecular weight is 457 g/mol. The maximum Gasteiger partial charge on any atom is 0.252 e. The molecule has 4 aromatic rings. The SMILES string of the molecule is COC(CN1CCC(c2nc(-c3c#cc(F)cc3)nn2-c2ncccn2)CC1)c1ccccc1. The maximum absolute atomic E-state index is 13.3. The van der Waals surface area contributed by atoms with Gasteiger partial charge in [0.2, 0.25) is 0 Å². The second-order valence-electron chi connectivity index (χ2n) is 8.31. The van der Waals surface area contributed by atoms with Crippen LogP contribution in [0.15, 0.2) is 60.9 Å². The van der Waals surface area contributed by atoms with Crippen LogP contribution in [-0.2, 0) is 4.74 Å². The van der Waals surface area contributed by atoms with Gasteiger partial charge in [-0.25, -0.2) is 15.0 Å². The van der Waals surface area contributed by atoms with Gasteiger partial charge in [-0.1, -0.05) is 36.4 Å². The number of aromatic nitrogens is 5. The molecule has 3 heterocycles. The van der Waals surface area contributed by atoms with Gasteiger partial charge in [0.15, 0.2) is 11.6 Å². The highest BCUT2D eigenvalue weighted by atomic mass is 19.1. The molecule has 0 saturated carbocycles. The second-order valence-corrected chi connectivity index (χ2v) is 8.31. The van der Waals surface area contributed by atoms with Crippen molar-refractivity contribution in [3.63, 3.8) is 0 Å². The summed E-state index contributed by atoms with van der Waals surface area (Å²) in [5.41, 5.74) is 1.77. The first-order valence-corrected chi connectivity index (χ1v) is 11.4. The second kappa shape index (κ2) is 10.1. The molecule has 0 spiro atoms. The van der Waals surface area contributed by atoms with Crippen LogP contribution in [0.5, 0.6) is 0 Å². The Morgan fingerprint density at radius 2 is 1.79 bits per heavy atom. The van der Waals surface area contributed by atoms with Crippen LogP contribution in [0.25, 0.3) is 17.3 Å². The van der Waals surface area contributed by atoms with Crippen molar-refractivity contribution in [2.24, 2.45) is 0 Å². The molecule has 2 aromatic heterocycles. The van der Waals surface area contributed by atoms with Gasteiger partial charge in [0, 0.05) is 32.0 Å². The van der Waals surface area contributed by atoms with E-state index >= 15 is 0 Å². The number of methoxy groups -OCH3 is 1.